The predicted octanol–water partition coefficient (Wildman–Crippen LogP) is 0.497. The molecule has 1 aromatic rings. The van der Waals surface area contributed by atoms with Crippen LogP contribution in [0.15, 0.2) is 11.0 Å². The topological polar surface area (TPSA) is 84.7 Å². The summed E-state index contributed by atoms with van der Waals surface area (Å²) in [6, 6.07) is 1.89. The Morgan fingerprint density at radius 3 is 3.00 bits per heavy atom. The highest BCUT2D eigenvalue weighted by Crippen LogP contribution is 2.32. The normalized spacial score (nSPS) is 14.9. The highest BCUT2D eigenvalue weighted by atomic mass is 16.1. The lowest BCUT2D eigenvalue weighted by Crippen LogP contribution is -2.24. The molecule has 1 aliphatic rings. The van der Waals surface area contributed by atoms with Crippen LogP contribution in [-0.2, 0) is 6.54 Å². The zero-order valence-electron chi connectivity index (χ0n) is 8.31. The number of nitriles is 1. The Kier molecular flexibility index (Phi) is 2.42. The first kappa shape index (κ1) is 9.71. The number of anilines is 1. The smallest absolute Gasteiger partial charge is 0.293 e. The lowest BCUT2D eigenvalue weighted by atomic mass is 10.3. The van der Waals surface area contributed by atoms with Gasteiger partial charge in [-0.25, -0.2) is 4.98 Å². The van der Waals surface area contributed by atoms with E-state index < -0.39 is 0 Å². The van der Waals surface area contributed by atoms with E-state index in [1.165, 1.54) is 23.6 Å². The molecule has 0 amide bonds. The molecule has 0 spiro atoms. The van der Waals surface area contributed by atoms with Crippen LogP contribution in [0.25, 0.3) is 0 Å². The van der Waals surface area contributed by atoms with Gasteiger partial charge in [0, 0.05) is 12.7 Å². The van der Waals surface area contributed by atoms with Gasteiger partial charge in [-0.05, 0) is 12.3 Å². The van der Waals surface area contributed by atoms with Crippen LogP contribution in [0.5, 0.6) is 0 Å². The summed E-state index contributed by atoms with van der Waals surface area (Å²) in [6.45, 7) is 0.630. The Hall–Kier alpha value is -1.83. The molecule has 15 heavy (non-hydrogen) atoms. The summed E-state index contributed by atoms with van der Waals surface area (Å²) < 4.78 is 1.49. The Balaban J connectivity index is 2.23. The molecule has 0 unspecified atom stereocenters. The van der Waals surface area contributed by atoms with E-state index in [1.807, 2.05) is 6.07 Å². The van der Waals surface area contributed by atoms with Gasteiger partial charge in [-0.1, -0.05) is 12.8 Å². The molecule has 5 heteroatoms. The van der Waals surface area contributed by atoms with Gasteiger partial charge in [-0.2, -0.15) is 5.26 Å². The zero-order chi connectivity index (χ0) is 10.8. The number of rotatable bonds is 3. The average molecular weight is 204 g/mol. The van der Waals surface area contributed by atoms with E-state index in [4.69, 9.17) is 11.0 Å². The van der Waals surface area contributed by atoms with E-state index >= 15 is 0 Å². The van der Waals surface area contributed by atoms with Crippen LogP contribution in [0.2, 0.25) is 0 Å². The van der Waals surface area contributed by atoms with Crippen LogP contribution >= 0.6 is 0 Å². The van der Waals surface area contributed by atoms with E-state index in [0.717, 1.165) is 12.3 Å². The van der Waals surface area contributed by atoms with Crippen molar-refractivity contribution in [3.05, 3.63) is 22.2 Å². The van der Waals surface area contributed by atoms with E-state index in [1.54, 1.807) is 0 Å². The predicted molar refractivity (Wildman–Crippen MR) is 55.0 cm³/mol. The molecule has 1 aliphatic carbocycles. The highest BCUT2D eigenvalue weighted by Gasteiger charge is 2.21. The molecule has 0 saturated heterocycles. The second-order valence-corrected chi connectivity index (χ2v) is 3.85. The van der Waals surface area contributed by atoms with Crippen LogP contribution in [0.1, 0.15) is 25.0 Å². The summed E-state index contributed by atoms with van der Waals surface area (Å²) >= 11 is 0. The standard InChI is InChI=1S/C10H12N4O/c11-5-8-6-14(4-3-7-1-2-7)10(15)9(12)13-8/h6-7H,1-4H2,(H2,12,13). The fourth-order valence-electron chi connectivity index (χ4n) is 1.51. The largest absolute Gasteiger partial charge is 0.379 e. The number of hydrogen-bond acceptors (Lipinski definition) is 4. The van der Waals surface area contributed by atoms with E-state index in [0.29, 0.717) is 6.54 Å². The van der Waals surface area contributed by atoms with Gasteiger partial charge in [0.05, 0.1) is 0 Å². The molecule has 5 nitrogen and oxygen atoms in total. The monoisotopic (exact) mass is 204 g/mol. The molecule has 1 aromatic heterocycles. The molecule has 0 radical (unpaired) electrons. The molecule has 1 heterocycles. The highest BCUT2D eigenvalue weighted by molar-refractivity contribution is 5.30. The molecular weight excluding hydrogens is 192 g/mol. The van der Waals surface area contributed by atoms with Crippen molar-refractivity contribution >= 4 is 5.82 Å². The van der Waals surface area contributed by atoms with Gasteiger partial charge >= 0.3 is 0 Å². The fraction of sp³-hybridized carbons (Fsp3) is 0.500. The SMILES string of the molecule is N#Cc1cn(CCC2CC2)c(=O)c(N)n1. The maximum Gasteiger partial charge on any atom is 0.293 e. The molecule has 0 aromatic carbocycles. The van der Waals surface area contributed by atoms with Gasteiger partial charge in [0.2, 0.25) is 0 Å². The average Bonchev–Trinajstić information content (AvgIpc) is 3.03. The van der Waals surface area contributed by atoms with Gasteiger partial charge in [-0.15, -0.1) is 0 Å². The third kappa shape index (κ3) is 2.15. The molecule has 78 valence electrons. The van der Waals surface area contributed by atoms with Crippen molar-refractivity contribution in [2.45, 2.75) is 25.8 Å². The maximum atomic E-state index is 11.5. The Labute approximate surface area is 87.2 Å². The van der Waals surface area contributed by atoms with Crippen molar-refractivity contribution in [2.24, 2.45) is 5.92 Å². The molecular formula is C10H12N4O. The van der Waals surface area contributed by atoms with E-state index in [9.17, 15) is 4.79 Å². The quantitative estimate of drug-likeness (QED) is 0.776. The van der Waals surface area contributed by atoms with Crippen LogP contribution in [-0.4, -0.2) is 9.55 Å². The van der Waals surface area contributed by atoms with Crippen LogP contribution < -0.4 is 11.3 Å². The zero-order valence-corrected chi connectivity index (χ0v) is 8.31. The van der Waals surface area contributed by atoms with Crippen molar-refractivity contribution in [2.75, 3.05) is 5.73 Å². The molecule has 2 N–H and O–H groups in total. The van der Waals surface area contributed by atoms with Crippen molar-refractivity contribution in [1.29, 1.82) is 5.26 Å². The molecule has 0 aliphatic heterocycles. The van der Waals surface area contributed by atoms with E-state index in [2.05, 4.69) is 4.98 Å². The summed E-state index contributed by atoms with van der Waals surface area (Å²) in [4.78, 5) is 15.2. The summed E-state index contributed by atoms with van der Waals surface area (Å²) in [7, 11) is 0. The summed E-state index contributed by atoms with van der Waals surface area (Å²) in [6.07, 6.45) is 4.95. The lowest BCUT2D eigenvalue weighted by molar-refractivity contribution is 0.579. The van der Waals surface area contributed by atoms with Gasteiger partial charge in [0.25, 0.3) is 5.56 Å². The molecule has 0 bridgehead atoms. The molecule has 1 fully saturated rings. The van der Waals surface area contributed by atoms with Gasteiger partial charge in [0.15, 0.2) is 11.5 Å². The van der Waals surface area contributed by atoms with Crippen LogP contribution in [0, 0.1) is 17.2 Å². The van der Waals surface area contributed by atoms with Gasteiger partial charge < -0.3 is 10.3 Å². The minimum Gasteiger partial charge on any atom is -0.379 e. The third-order valence-electron chi connectivity index (χ3n) is 2.59. The van der Waals surface area contributed by atoms with Crippen molar-refractivity contribution in [3.63, 3.8) is 0 Å². The van der Waals surface area contributed by atoms with Crippen molar-refractivity contribution in [3.8, 4) is 6.07 Å². The molecule has 2 rings (SSSR count). The Morgan fingerprint density at radius 1 is 1.67 bits per heavy atom. The first-order valence-corrected chi connectivity index (χ1v) is 4.98. The van der Waals surface area contributed by atoms with Gasteiger partial charge in [0.1, 0.15) is 6.07 Å². The number of hydrogen-bond donors (Lipinski definition) is 1. The van der Waals surface area contributed by atoms with Gasteiger partial charge in [-0.3, -0.25) is 4.79 Å². The number of aromatic nitrogens is 2. The van der Waals surface area contributed by atoms with E-state index in [-0.39, 0.29) is 17.1 Å². The second kappa shape index (κ2) is 3.73. The van der Waals surface area contributed by atoms with Crippen molar-refractivity contribution in [1.82, 2.24) is 9.55 Å². The third-order valence-corrected chi connectivity index (χ3v) is 2.59. The summed E-state index contributed by atoms with van der Waals surface area (Å²) in [5.41, 5.74) is 5.32. The first-order chi connectivity index (χ1) is 7.20. The summed E-state index contributed by atoms with van der Waals surface area (Å²) in [5, 5.41) is 8.68. The summed E-state index contributed by atoms with van der Waals surface area (Å²) in [5.74, 6) is 0.654. The second-order valence-electron chi connectivity index (χ2n) is 3.85. The lowest BCUT2D eigenvalue weighted by Gasteiger charge is -2.05. The Bertz CT molecular complexity index is 467. The number of nitrogens with two attached hydrogens (primary N) is 1. The minimum atomic E-state index is -0.297. The molecule has 0 atom stereocenters. The number of nitrogen functional groups attached to an aromatic ring is 1. The van der Waals surface area contributed by atoms with Crippen LogP contribution in [0.3, 0.4) is 0 Å². The minimum absolute atomic E-state index is 0.0927. The first-order valence-electron chi connectivity index (χ1n) is 4.98. The van der Waals surface area contributed by atoms with Crippen LogP contribution in [0.4, 0.5) is 5.82 Å². The van der Waals surface area contributed by atoms with Crippen molar-refractivity contribution < 1.29 is 0 Å². The number of nitrogens with zero attached hydrogens (tertiary/aromatic N) is 3. The fourth-order valence-corrected chi connectivity index (χ4v) is 1.51. The Morgan fingerprint density at radius 2 is 2.40 bits per heavy atom. The maximum absolute atomic E-state index is 11.5. The molecule has 1 saturated carbocycles. The number of aryl methyl sites for hydroxylation is 1.